The summed E-state index contributed by atoms with van der Waals surface area (Å²) in [7, 11) is 4.71. The van der Waals surface area contributed by atoms with E-state index in [0.29, 0.717) is 42.6 Å². The van der Waals surface area contributed by atoms with Crippen LogP contribution >= 0.6 is 0 Å². The van der Waals surface area contributed by atoms with Gasteiger partial charge < -0.3 is 19.1 Å². The first-order valence-corrected chi connectivity index (χ1v) is 9.39. The van der Waals surface area contributed by atoms with E-state index in [1.165, 1.54) is 6.07 Å². The van der Waals surface area contributed by atoms with Gasteiger partial charge in [-0.15, -0.1) is 15.3 Å². The molecule has 0 spiro atoms. The fourth-order valence-electron chi connectivity index (χ4n) is 3.55. The zero-order valence-corrected chi connectivity index (χ0v) is 17.1. The van der Waals surface area contributed by atoms with Crippen molar-refractivity contribution < 1.29 is 27.4 Å². The molecule has 0 amide bonds. The van der Waals surface area contributed by atoms with Gasteiger partial charge in [0.2, 0.25) is 0 Å². The van der Waals surface area contributed by atoms with E-state index in [0.717, 1.165) is 15.7 Å². The standard InChI is InChI=1S/C20H20F3N5O3/c1-29-13-10-14(30-2)18(15(11-13)31-3)12-6-8-27(9-7-12)17-5-4-16-24-25-19(20(21,22)23)28(16)26-17/h4-6,10-11H,7-9H2,1-3H3. The van der Waals surface area contributed by atoms with Gasteiger partial charge in [0.05, 0.1) is 26.9 Å². The average molecular weight is 435 g/mol. The summed E-state index contributed by atoms with van der Waals surface area (Å²) >= 11 is 0. The molecule has 1 aliphatic heterocycles. The van der Waals surface area contributed by atoms with Gasteiger partial charge in [0.25, 0.3) is 5.82 Å². The first-order chi connectivity index (χ1) is 14.9. The Labute approximate surface area is 175 Å². The molecule has 0 fully saturated rings. The fourth-order valence-corrected chi connectivity index (χ4v) is 3.55. The number of hydrogen-bond donors (Lipinski definition) is 0. The summed E-state index contributed by atoms with van der Waals surface area (Å²) in [6.07, 6.45) is -2.03. The molecule has 1 aliphatic rings. The van der Waals surface area contributed by atoms with Crippen LogP contribution in [0.1, 0.15) is 17.8 Å². The number of fused-ring (bicyclic) bond motifs is 1. The second-order valence-electron chi connectivity index (χ2n) is 6.82. The van der Waals surface area contributed by atoms with Crippen molar-refractivity contribution in [3.05, 3.63) is 41.7 Å². The van der Waals surface area contributed by atoms with Crippen molar-refractivity contribution in [1.29, 1.82) is 0 Å². The van der Waals surface area contributed by atoms with Crippen LogP contribution in [0.3, 0.4) is 0 Å². The van der Waals surface area contributed by atoms with Gasteiger partial charge in [-0.1, -0.05) is 6.08 Å². The average Bonchev–Trinajstić information content (AvgIpc) is 3.22. The summed E-state index contributed by atoms with van der Waals surface area (Å²) < 4.78 is 56.5. The second kappa shape index (κ2) is 7.97. The number of ether oxygens (including phenoxy) is 3. The van der Waals surface area contributed by atoms with Crippen LogP contribution in [0.5, 0.6) is 17.2 Å². The number of alkyl halides is 3. The van der Waals surface area contributed by atoms with Crippen LogP contribution in [0.2, 0.25) is 0 Å². The number of hydrogen-bond acceptors (Lipinski definition) is 7. The molecule has 31 heavy (non-hydrogen) atoms. The number of methoxy groups -OCH3 is 3. The van der Waals surface area contributed by atoms with Crippen LogP contribution in [0.4, 0.5) is 19.0 Å². The van der Waals surface area contributed by atoms with Crippen molar-refractivity contribution in [3.63, 3.8) is 0 Å². The van der Waals surface area contributed by atoms with Crippen LogP contribution in [0, 0.1) is 0 Å². The van der Waals surface area contributed by atoms with Crippen molar-refractivity contribution in [2.75, 3.05) is 39.3 Å². The maximum atomic E-state index is 13.1. The van der Waals surface area contributed by atoms with Gasteiger partial charge in [-0.25, -0.2) is 0 Å². The Kier molecular flexibility index (Phi) is 5.34. The topological polar surface area (TPSA) is 74.0 Å². The molecule has 0 N–H and O–H groups in total. The van der Waals surface area contributed by atoms with E-state index in [1.807, 2.05) is 11.0 Å². The minimum absolute atomic E-state index is 0.0389. The maximum Gasteiger partial charge on any atom is 0.453 e. The van der Waals surface area contributed by atoms with Gasteiger partial charge in [0.15, 0.2) is 5.65 Å². The minimum Gasteiger partial charge on any atom is -0.496 e. The highest BCUT2D eigenvalue weighted by Gasteiger charge is 2.37. The van der Waals surface area contributed by atoms with Crippen molar-refractivity contribution in [2.45, 2.75) is 12.6 Å². The summed E-state index contributed by atoms with van der Waals surface area (Å²) in [5, 5.41) is 10.9. The Morgan fingerprint density at radius 1 is 0.968 bits per heavy atom. The Balaban J connectivity index is 1.65. The first-order valence-electron chi connectivity index (χ1n) is 9.39. The molecule has 0 aliphatic carbocycles. The molecule has 2 aromatic heterocycles. The van der Waals surface area contributed by atoms with E-state index in [9.17, 15) is 13.2 Å². The van der Waals surface area contributed by atoms with E-state index in [2.05, 4.69) is 15.3 Å². The predicted octanol–water partition coefficient (Wildman–Crippen LogP) is 3.46. The SMILES string of the molecule is COc1cc(OC)c(C2=CCN(c3ccc4nnc(C(F)(F)F)n4n3)CC2)c(OC)c1. The van der Waals surface area contributed by atoms with E-state index in [4.69, 9.17) is 14.2 Å². The minimum atomic E-state index is -4.64. The number of nitrogens with zero attached hydrogens (tertiary/aromatic N) is 5. The van der Waals surface area contributed by atoms with Gasteiger partial charge in [0, 0.05) is 25.2 Å². The Morgan fingerprint density at radius 2 is 1.68 bits per heavy atom. The van der Waals surface area contributed by atoms with Crippen LogP contribution in [-0.4, -0.2) is 54.2 Å². The summed E-state index contributed by atoms with van der Waals surface area (Å²) in [6.45, 7) is 1.00. The molecule has 3 heterocycles. The molecular formula is C20H20F3N5O3. The molecule has 164 valence electrons. The molecule has 3 aromatic rings. The predicted molar refractivity (Wildman–Crippen MR) is 107 cm³/mol. The lowest BCUT2D eigenvalue weighted by atomic mass is 9.97. The second-order valence-corrected chi connectivity index (χ2v) is 6.82. The van der Waals surface area contributed by atoms with E-state index < -0.39 is 12.0 Å². The molecule has 0 unspecified atom stereocenters. The largest absolute Gasteiger partial charge is 0.496 e. The number of rotatable bonds is 5. The lowest BCUT2D eigenvalue weighted by Gasteiger charge is -2.28. The molecule has 0 saturated heterocycles. The zero-order valence-electron chi connectivity index (χ0n) is 17.1. The Morgan fingerprint density at radius 3 is 2.23 bits per heavy atom. The van der Waals surface area contributed by atoms with Gasteiger partial charge in [-0.3, -0.25) is 0 Å². The summed E-state index contributed by atoms with van der Waals surface area (Å²) in [4.78, 5) is 1.88. The monoisotopic (exact) mass is 435 g/mol. The van der Waals surface area contributed by atoms with Crippen LogP contribution < -0.4 is 19.1 Å². The van der Waals surface area contributed by atoms with Crippen LogP contribution in [-0.2, 0) is 6.18 Å². The van der Waals surface area contributed by atoms with Crippen LogP contribution in [0.15, 0.2) is 30.3 Å². The molecule has 11 heteroatoms. The zero-order chi connectivity index (χ0) is 22.2. The van der Waals surface area contributed by atoms with Gasteiger partial charge in [-0.05, 0) is 24.1 Å². The fraction of sp³-hybridized carbons (Fsp3) is 0.350. The van der Waals surface area contributed by atoms with Gasteiger partial charge >= 0.3 is 6.18 Å². The highest BCUT2D eigenvalue weighted by atomic mass is 19.4. The van der Waals surface area contributed by atoms with Gasteiger partial charge in [0.1, 0.15) is 23.1 Å². The molecule has 0 radical (unpaired) electrons. The molecule has 8 nitrogen and oxygen atoms in total. The van der Waals surface area contributed by atoms with E-state index >= 15 is 0 Å². The lowest BCUT2D eigenvalue weighted by Crippen LogP contribution is -2.29. The summed E-state index contributed by atoms with van der Waals surface area (Å²) in [5.74, 6) is 1.11. The molecule has 0 bridgehead atoms. The third-order valence-corrected chi connectivity index (χ3v) is 5.07. The molecule has 4 rings (SSSR count). The summed E-state index contributed by atoms with van der Waals surface area (Å²) in [5.41, 5.74) is 1.87. The third kappa shape index (κ3) is 3.82. The maximum absolute atomic E-state index is 13.1. The quantitative estimate of drug-likeness (QED) is 0.608. The van der Waals surface area contributed by atoms with Crippen LogP contribution in [0.25, 0.3) is 11.2 Å². The number of anilines is 1. The first kappa shape index (κ1) is 20.8. The Bertz CT molecular complexity index is 1120. The number of halogens is 3. The molecule has 1 aromatic carbocycles. The smallest absolute Gasteiger partial charge is 0.453 e. The highest BCUT2D eigenvalue weighted by molar-refractivity contribution is 5.78. The summed E-state index contributed by atoms with van der Waals surface area (Å²) in [6, 6.07) is 6.67. The van der Waals surface area contributed by atoms with Crippen molar-refractivity contribution in [1.82, 2.24) is 19.8 Å². The van der Waals surface area contributed by atoms with Crippen molar-refractivity contribution in [3.8, 4) is 17.2 Å². The normalized spacial score (nSPS) is 14.5. The highest BCUT2D eigenvalue weighted by Crippen LogP contribution is 2.41. The van der Waals surface area contributed by atoms with E-state index in [-0.39, 0.29) is 5.65 Å². The Hall–Kier alpha value is -3.50. The lowest BCUT2D eigenvalue weighted by molar-refractivity contribution is -0.146. The third-order valence-electron chi connectivity index (χ3n) is 5.07. The number of aromatic nitrogens is 4. The molecular weight excluding hydrogens is 415 g/mol. The van der Waals surface area contributed by atoms with Crippen molar-refractivity contribution >= 4 is 17.0 Å². The number of benzene rings is 1. The van der Waals surface area contributed by atoms with Gasteiger partial charge in [-0.2, -0.15) is 17.7 Å². The molecule has 0 atom stereocenters. The van der Waals surface area contributed by atoms with Crippen molar-refractivity contribution in [2.24, 2.45) is 0 Å². The van der Waals surface area contributed by atoms with E-state index in [1.54, 1.807) is 39.5 Å². The molecule has 0 saturated carbocycles.